The molecular weight excluding hydrogens is 180 g/mol. The third kappa shape index (κ3) is 4.14. The first-order valence-corrected chi connectivity index (χ1v) is 5.13. The van der Waals surface area contributed by atoms with Crippen molar-refractivity contribution >= 4 is 5.91 Å². The Morgan fingerprint density at radius 2 is 2.14 bits per heavy atom. The van der Waals surface area contributed by atoms with Crippen LogP contribution in [0.1, 0.15) is 38.5 Å². The lowest BCUT2D eigenvalue weighted by Gasteiger charge is -2.22. The zero-order valence-corrected chi connectivity index (χ0v) is 8.28. The summed E-state index contributed by atoms with van der Waals surface area (Å²) in [6.45, 7) is 0.259. The Morgan fingerprint density at radius 1 is 1.43 bits per heavy atom. The predicted molar refractivity (Wildman–Crippen MR) is 53.6 cm³/mol. The van der Waals surface area contributed by atoms with Gasteiger partial charge in [0.05, 0.1) is 0 Å². The molecule has 0 aromatic carbocycles. The van der Waals surface area contributed by atoms with Crippen molar-refractivity contribution in [3.63, 3.8) is 0 Å². The molecule has 0 unspecified atom stereocenters. The van der Waals surface area contributed by atoms with Crippen LogP contribution in [0.3, 0.4) is 0 Å². The van der Waals surface area contributed by atoms with E-state index in [0.29, 0.717) is 12.5 Å². The molecule has 0 bridgehead atoms. The fourth-order valence-corrected chi connectivity index (χ4v) is 1.74. The number of hydrogen-bond donors (Lipinski definition) is 1. The monoisotopic (exact) mass is 196 g/mol. The summed E-state index contributed by atoms with van der Waals surface area (Å²) < 4.78 is 0. The van der Waals surface area contributed by atoms with Crippen molar-refractivity contribution < 1.29 is 4.79 Å². The van der Waals surface area contributed by atoms with Gasteiger partial charge < -0.3 is 5.32 Å². The van der Waals surface area contributed by atoms with Crippen LogP contribution >= 0.6 is 0 Å². The summed E-state index contributed by atoms with van der Waals surface area (Å²) in [6, 6.07) is 0.349. The van der Waals surface area contributed by atoms with Crippen LogP contribution in [0, 0.1) is 0 Å². The van der Waals surface area contributed by atoms with Gasteiger partial charge in [-0.05, 0) is 18.4 Å². The van der Waals surface area contributed by atoms with E-state index in [-0.39, 0.29) is 12.5 Å². The highest BCUT2D eigenvalue weighted by atomic mass is 16.1. The molecule has 14 heavy (non-hydrogen) atoms. The van der Waals surface area contributed by atoms with Crippen molar-refractivity contribution in [1.82, 2.24) is 5.32 Å². The van der Waals surface area contributed by atoms with Crippen molar-refractivity contribution in [2.75, 3.05) is 6.54 Å². The number of hydrogen-bond acceptors (Lipinski definition) is 2. The van der Waals surface area contributed by atoms with E-state index in [9.17, 15) is 4.79 Å². The van der Waals surface area contributed by atoms with Gasteiger partial charge in [-0.15, -0.1) is 0 Å². The first kappa shape index (κ1) is 10.9. The van der Waals surface area contributed by atoms with Crippen LogP contribution in [0.5, 0.6) is 0 Å². The van der Waals surface area contributed by atoms with Crippen LogP contribution in [0.4, 0.5) is 0 Å². The molecule has 1 N–H and O–H groups in total. The molecule has 5 nitrogen and oxygen atoms in total. The molecule has 1 fully saturated rings. The number of nitrogens with one attached hydrogen (secondary N) is 1. The number of amides is 1. The van der Waals surface area contributed by atoms with Crippen molar-refractivity contribution in [2.24, 2.45) is 5.11 Å². The Kier molecular flexibility index (Phi) is 4.86. The van der Waals surface area contributed by atoms with Gasteiger partial charge in [0.1, 0.15) is 0 Å². The molecule has 0 aromatic heterocycles. The number of carbonyl (C=O) groups excluding carboxylic acids is 1. The molecule has 0 heterocycles. The van der Waals surface area contributed by atoms with Crippen molar-refractivity contribution in [3.05, 3.63) is 10.4 Å². The molecule has 0 saturated heterocycles. The molecule has 0 aliphatic heterocycles. The predicted octanol–water partition coefficient (Wildman–Crippen LogP) is 2.14. The SMILES string of the molecule is [N-]=[N+]=NCCC(=O)NC1CCCCC1. The number of rotatable bonds is 4. The van der Waals surface area contributed by atoms with Gasteiger partial charge in [0.2, 0.25) is 5.91 Å². The van der Waals surface area contributed by atoms with Gasteiger partial charge in [-0.25, -0.2) is 0 Å². The van der Waals surface area contributed by atoms with Crippen LogP contribution in [0.15, 0.2) is 5.11 Å². The molecule has 1 saturated carbocycles. The van der Waals surface area contributed by atoms with E-state index >= 15 is 0 Å². The Morgan fingerprint density at radius 3 is 2.79 bits per heavy atom. The largest absolute Gasteiger partial charge is 0.353 e. The molecule has 78 valence electrons. The highest BCUT2D eigenvalue weighted by molar-refractivity contribution is 5.76. The zero-order valence-electron chi connectivity index (χ0n) is 8.28. The van der Waals surface area contributed by atoms with Gasteiger partial charge in [0.25, 0.3) is 0 Å². The molecule has 0 spiro atoms. The Bertz CT molecular complexity index is 229. The smallest absolute Gasteiger partial charge is 0.220 e. The van der Waals surface area contributed by atoms with E-state index in [1.807, 2.05) is 0 Å². The molecule has 5 heteroatoms. The lowest BCUT2D eigenvalue weighted by molar-refractivity contribution is -0.121. The summed E-state index contributed by atoms with van der Waals surface area (Å²) in [6.07, 6.45) is 6.19. The van der Waals surface area contributed by atoms with E-state index in [1.54, 1.807) is 0 Å². The number of nitrogens with zero attached hydrogens (tertiary/aromatic N) is 3. The second-order valence-electron chi connectivity index (χ2n) is 3.61. The first-order chi connectivity index (χ1) is 6.83. The van der Waals surface area contributed by atoms with E-state index in [0.717, 1.165) is 12.8 Å². The third-order valence-electron chi connectivity index (χ3n) is 2.47. The van der Waals surface area contributed by atoms with E-state index in [4.69, 9.17) is 5.53 Å². The minimum atomic E-state index is 0.00398. The van der Waals surface area contributed by atoms with Crippen LogP contribution in [-0.4, -0.2) is 18.5 Å². The zero-order chi connectivity index (χ0) is 10.2. The lowest BCUT2D eigenvalue weighted by Crippen LogP contribution is -2.36. The minimum absolute atomic E-state index is 0.00398. The quantitative estimate of drug-likeness (QED) is 0.417. The van der Waals surface area contributed by atoms with Gasteiger partial charge in [-0.2, -0.15) is 0 Å². The summed E-state index contributed by atoms with van der Waals surface area (Å²) >= 11 is 0. The van der Waals surface area contributed by atoms with Gasteiger partial charge >= 0.3 is 0 Å². The second kappa shape index (κ2) is 6.27. The first-order valence-electron chi connectivity index (χ1n) is 5.13. The maximum Gasteiger partial charge on any atom is 0.220 e. The topological polar surface area (TPSA) is 77.9 Å². The maximum absolute atomic E-state index is 11.3. The Hall–Kier alpha value is -1.22. The standard InChI is InChI=1S/C9H16N4O/c10-13-11-7-6-9(14)12-8-4-2-1-3-5-8/h8H,1-7H2,(H,12,14). The lowest BCUT2D eigenvalue weighted by atomic mass is 9.95. The van der Waals surface area contributed by atoms with Crippen molar-refractivity contribution in [1.29, 1.82) is 0 Å². The van der Waals surface area contributed by atoms with Gasteiger partial charge in [0, 0.05) is 23.9 Å². The van der Waals surface area contributed by atoms with Crippen LogP contribution in [0.25, 0.3) is 10.4 Å². The maximum atomic E-state index is 11.3. The molecule has 0 aromatic rings. The number of azide groups is 1. The van der Waals surface area contributed by atoms with Crippen molar-refractivity contribution in [3.8, 4) is 0 Å². The average Bonchev–Trinajstić information content (AvgIpc) is 2.20. The highest BCUT2D eigenvalue weighted by Gasteiger charge is 2.14. The second-order valence-corrected chi connectivity index (χ2v) is 3.61. The van der Waals surface area contributed by atoms with Gasteiger partial charge in [-0.1, -0.05) is 24.4 Å². The van der Waals surface area contributed by atoms with Crippen LogP contribution < -0.4 is 5.32 Å². The van der Waals surface area contributed by atoms with E-state index < -0.39 is 0 Å². The fraction of sp³-hybridized carbons (Fsp3) is 0.889. The summed E-state index contributed by atoms with van der Waals surface area (Å²) in [5.41, 5.74) is 8.03. The molecular formula is C9H16N4O. The molecule has 0 atom stereocenters. The summed E-state index contributed by atoms with van der Waals surface area (Å²) in [4.78, 5) is 13.9. The summed E-state index contributed by atoms with van der Waals surface area (Å²) in [5.74, 6) is 0.00398. The highest BCUT2D eigenvalue weighted by Crippen LogP contribution is 2.17. The fourth-order valence-electron chi connectivity index (χ4n) is 1.74. The number of carbonyl (C=O) groups is 1. The molecule has 0 radical (unpaired) electrons. The van der Waals surface area contributed by atoms with E-state index in [1.165, 1.54) is 19.3 Å². The Balaban J connectivity index is 2.15. The normalized spacial score (nSPS) is 17.1. The van der Waals surface area contributed by atoms with Crippen molar-refractivity contribution in [2.45, 2.75) is 44.6 Å². The minimum Gasteiger partial charge on any atom is -0.353 e. The molecule has 1 aliphatic carbocycles. The molecule has 1 amide bonds. The molecule has 1 aliphatic rings. The third-order valence-corrected chi connectivity index (χ3v) is 2.47. The summed E-state index contributed by atoms with van der Waals surface area (Å²) in [5, 5.41) is 6.28. The van der Waals surface area contributed by atoms with Gasteiger partial charge in [0.15, 0.2) is 0 Å². The van der Waals surface area contributed by atoms with E-state index in [2.05, 4.69) is 15.3 Å². The van der Waals surface area contributed by atoms with Crippen LogP contribution in [-0.2, 0) is 4.79 Å². The van der Waals surface area contributed by atoms with Crippen LogP contribution in [0.2, 0.25) is 0 Å². The Labute approximate surface area is 83.5 Å². The summed E-state index contributed by atoms with van der Waals surface area (Å²) in [7, 11) is 0. The van der Waals surface area contributed by atoms with Gasteiger partial charge in [-0.3, -0.25) is 4.79 Å². The molecule has 1 rings (SSSR count). The average molecular weight is 196 g/mol.